The smallest absolute Gasteiger partial charge is 0.329 e. The van der Waals surface area contributed by atoms with Crippen molar-refractivity contribution in [3.8, 4) is 0 Å². The van der Waals surface area contributed by atoms with Crippen molar-refractivity contribution in [1.29, 1.82) is 0 Å². The van der Waals surface area contributed by atoms with Crippen LogP contribution in [0.25, 0.3) is 10.4 Å². The summed E-state index contributed by atoms with van der Waals surface area (Å²) in [7, 11) is 0. The second kappa shape index (κ2) is 20.1. The van der Waals surface area contributed by atoms with Crippen molar-refractivity contribution in [2.75, 3.05) is 32.8 Å². The molecule has 15 heteroatoms. The van der Waals surface area contributed by atoms with Crippen LogP contribution in [0.15, 0.2) is 5.11 Å². The number of nitrogens with zero attached hydrogens (tertiary/aromatic N) is 4. The Morgan fingerprint density at radius 1 is 0.771 bits per heavy atom. The van der Waals surface area contributed by atoms with E-state index in [0.717, 1.165) is 0 Å². The predicted molar refractivity (Wildman–Crippen MR) is 181 cm³/mol. The Labute approximate surface area is 286 Å². The summed E-state index contributed by atoms with van der Waals surface area (Å²) < 4.78 is 21.5. The van der Waals surface area contributed by atoms with E-state index >= 15 is 0 Å². The van der Waals surface area contributed by atoms with Crippen molar-refractivity contribution < 1.29 is 42.9 Å². The van der Waals surface area contributed by atoms with Crippen LogP contribution in [0, 0.1) is 5.41 Å². The molecular formula is C33H60N6O9. The van der Waals surface area contributed by atoms with Crippen LogP contribution in [0.5, 0.6) is 0 Å². The number of amides is 3. The zero-order chi connectivity index (χ0) is 37.3. The molecule has 0 heterocycles. The van der Waals surface area contributed by atoms with E-state index in [0.29, 0.717) is 19.3 Å². The number of azide groups is 1. The minimum Gasteiger partial charge on any atom is -0.460 e. The number of urea groups is 1. The fraction of sp³-hybridized carbons (Fsp3) is 0.848. The Morgan fingerprint density at radius 2 is 1.33 bits per heavy atom. The van der Waals surface area contributed by atoms with E-state index in [-0.39, 0.29) is 57.1 Å². The van der Waals surface area contributed by atoms with Gasteiger partial charge >= 0.3 is 23.9 Å². The van der Waals surface area contributed by atoms with E-state index < -0.39 is 52.7 Å². The second-order valence-corrected chi connectivity index (χ2v) is 15.7. The summed E-state index contributed by atoms with van der Waals surface area (Å²) in [6, 6.07) is -2.00. The van der Waals surface area contributed by atoms with Gasteiger partial charge in [-0.15, -0.1) is 0 Å². The first-order valence-corrected chi connectivity index (χ1v) is 16.4. The van der Waals surface area contributed by atoms with Crippen molar-refractivity contribution in [3.63, 3.8) is 0 Å². The van der Waals surface area contributed by atoms with Crippen LogP contribution in [0.2, 0.25) is 0 Å². The molecule has 15 nitrogen and oxygen atoms in total. The minimum atomic E-state index is -1.08. The quantitative estimate of drug-likeness (QED) is 0.0486. The van der Waals surface area contributed by atoms with Gasteiger partial charge in [0.15, 0.2) is 0 Å². The van der Waals surface area contributed by atoms with Gasteiger partial charge in [-0.2, -0.15) is 0 Å². The molecule has 0 fully saturated rings. The number of rotatable bonds is 18. The van der Waals surface area contributed by atoms with Gasteiger partial charge in [0, 0.05) is 30.5 Å². The molecule has 0 aliphatic heterocycles. The van der Waals surface area contributed by atoms with E-state index in [4.69, 9.17) is 24.5 Å². The summed E-state index contributed by atoms with van der Waals surface area (Å²) >= 11 is 0. The lowest BCUT2D eigenvalue weighted by Gasteiger charge is -2.33. The Bertz CT molecular complexity index is 1110. The fourth-order valence-corrected chi connectivity index (χ4v) is 4.23. The third kappa shape index (κ3) is 22.9. The van der Waals surface area contributed by atoms with Crippen molar-refractivity contribution in [3.05, 3.63) is 10.4 Å². The van der Waals surface area contributed by atoms with Crippen LogP contribution in [0.1, 0.15) is 115 Å². The van der Waals surface area contributed by atoms with Crippen molar-refractivity contribution in [2.24, 2.45) is 10.5 Å². The van der Waals surface area contributed by atoms with Gasteiger partial charge in [-0.05, 0) is 98.9 Å². The van der Waals surface area contributed by atoms with Crippen LogP contribution in [0.3, 0.4) is 0 Å². The molecule has 0 unspecified atom stereocenters. The third-order valence-corrected chi connectivity index (χ3v) is 6.29. The van der Waals surface area contributed by atoms with Gasteiger partial charge in [-0.3, -0.25) is 14.4 Å². The van der Waals surface area contributed by atoms with E-state index in [9.17, 15) is 24.0 Å². The van der Waals surface area contributed by atoms with Crippen molar-refractivity contribution in [1.82, 2.24) is 15.5 Å². The average Bonchev–Trinajstić information content (AvgIpc) is 2.88. The maximum absolute atomic E-state index is 13.2. The highest BCUT2D eigenvalue weighted by Gasteiger charge is 2.31. The molecule has 0 spiro atoms. The standard InChI is InChI=1S/C33H60N6O9/c1-30(2,3)24(37-29(44)36-23(28(43)48-33(10,11)12)16-17-26(41)46-31(4,5)6)15-13-14-19-39(21-27(42)47-32(7,8)9)25(40)22-45-20-18-35-38-34/h23-24H,13-22H2,1-12H3,(H2,36,37,44)/t23-,24-/m0/s1. The lowest BCUT2D eigenvalue weighted by Crippen LogP contribution is -2.53. The average molecular weight is 685 g/mol. The molecule has 0 bridgehead atoms. The van der Waals surface area contributed by atoms with Crippen LogP contribution in [0.4, 0.5) is 4.79 Å². The summed E-state index contributed by atoms with van der Waals surface area (Å²) in [5.74, 6) is -2.12. The summed E-state index contributed by atoms with van der Waals surface area (Å²) in [5.41, 5.74) is 5.81. The molecule has 0 aliphatic carbocycles. The molecule has 0 aromatic heterocycles. The predicted octanol–water partition coefficient (Wildman–Crippen LogP) is 5.20. The SMILES string of the molecule is CC(C)(C)OC(=O)CC[C@H](NC(=O)N[C@@H](CCCCN(CC(=O)OC(C)(C)C)C(=O)COCCN=[N+]=[N-])C(C)(C)C)C(=O)OC(C)(C)C. The lowest BCUT2D eigenvalue weighted by molar-refractivity contribution is -0.160. The van der Waals surface area contributed by atoms with E-state index in [1.54, 1.807) is 62.3 Å². The second-order valence-electron chi connectivity index (χ2n) is 15.7. The van der Waals surface area contributed by atoms with Crippen molar-refractivity contribution in [2.45, 2.75) is 144 Å². The van der Waals surface area contributed by atoms with E-state index in [2.05, 4.69) is 20.7 Å². The van der Waals surface area contributed by atoms with E-state index in [1.807, 2.05) is 20.8 Å². The third-order valence-electron chi connectivity index (χ3n) is 6.29. The van der Waals surface area contributed by atoms with Gasteiger partial charge in [0.05, 0.1) is 6.61 Å². The van der Waals surface area contributed by atoms with E-state index in [1.165, 1.54) is 4.90 Å². The number of esters is 3. The Hall–Kier alpha value is -3.58. The molecule has 3 amide bonds. The van der Waals surface area contributed by atoms with Gasteiger partial charge in [0.25, 0.3) is 0 Å². The molecule has 2 N–H and O–H groups in total. The first-order chi connectivity index (χ1) is 21.8. The van der Waals surface area contributed by atoms with Crippen molar-refractivity contribution >= 4 is 29.8 Å². The maximum atomic E-state index is 13.2. The Morgan fingerprint density at radius 3 is 1.85 bits per heavy atom. The molecule has 0 saturated heterocycles. The molecule has 0 aromatic rings. The number of carbonyl (C=O) groups is 5. The van der Waals surface area contributed by atoms with Crippen LogP contribution < -0.4 is 10.6 Å². The molecule has 276 valence electrons. The summed E-state index contributed by atoms with van der Waals surface area (Å²) in [5, 5.41) is 9.01. The van der Waals surface area contributed by atoms with Gasteiger partial charge in [-0.25, -0.2) is 9.59 Å². The number of hydrogen-bond donors (Lipinski definition) is 2. The van der Waals surface area contributed by atoms with Crippen LogP contribution in [-0.4, -0.2) is 96.5 Å². The molecule has 0 aliphatic rings. The van der Waals surface area contributed by atoms with Gasteiger partial charge < -0.3 is 34.5 Å². The zero-order valence-electron chi connectivity index (χ0n) is 31.2. The minimum absolute atomic E-state index is 0.00576. The molecule has 0 rings (SSSR count). The largest absolute Gasteiger partial charge is 0.460 e. The first kappa shape index (κ1) is 44.4. The Kier molecular flexibility index (Phi) is 18.6. The monoisotopic (exact) mass is 684 g/mol. The van der Waals surface area contributed by atoms with Crippen LogP contribution >= 0.6 is 0 Å². The van der Waals surface area contributed by atoms with Crippen LogP contribution in [-0.2, 0) is 38.1 Å². The topological polar surface area (TPSA) is 198 Å². The molecule has 48 heavy (non-hydrogen) atoms. The zero-order valence-corrected chi connectivity index (χ0v) is 31.2. The molecular weight excluding hydrogens is 624 g/mol. The number of ether oxygens (including phenoxy) is 4. The summed E-state index contributed by atoms with van der Waals surface area (Å²) in [6.07, 6.45) is 1.53. The number of hydrogen-bond acceptors (Lipinski definition) is 10. The summed E-state index contributed by atoms with van der Waals surface area (Å²) in [4.78, 5) is 67.9. The van der Waals surface area contributed by atoms with Gasteiger partial charge in [-0.1, -0.05) is 25.9 Å². The highest BCUT2D eigenvalue weighted by Crippen LogP contribution is 2.24. The number of carbonyl (C=O) groups excluding carboxylic acids is 5. The number of nitrogens with one attached hydrogen (secondary N) is 2. The normalized spacial score (nSPS) is 13.3. The lowest BCUT2D eigenvalue weighted by atomic mass is 9.84. The van der Waals surface area contributed by atoms with Gasteiger partial charge in [0.1, 0.15) is 36.0 Å². The Balaban J connectivity index is 5.48. The molecule has 0 aromatic carbocycles. The number of unbranched alkanes of at least 4 members (excludes halogenated alkanes) is 1. The fourth-order valence-electron chi connectivity index (χ4n) is 4.23. The van der Waals surface area contributed by atoms with Gasteiger partial charge in [0.2, 0.25) is 5.91 Å². The first-order valence-electron chi connectivity index (χ1n) is 16.4. The molecule has 2 atom stereocenters. The molecule has 0 radical (unpaired) electrons. The highest BCUT2D eigenvalue weighted by atomic mass is 16.6. The maximum Gasteiger partial charge on any atom is 0.329 e. The highest BCUT2D eigenvalue weighted by molar-refractivity contribution is 5.84. The summed E-state index contributed by atoms with van der Waals surface area (Å²) in [6.45, 7) is 21.3. The molecule has 0 saturated carbocycles.